The van der Waals surface area contributed by atoms with Gasteiger partial charge in [-0.3, -0.25) is 9.59 Å². The van der Waals surface area contributed by atoms with Crippen LogP contribution in [0, 0.1) is 0 Å². The van der Waals surface area contributed by atoms with Crippen LogP contribution >= 0.6 is 15.9 Å². The first-order chi connectivity index (χ1) is 17.8. The number of rotatable bonds is 9. The minimum Gasteiger partial charge on any atom is -0.483 e. The van der Waals surface area contributed by atoms with Crippen LogP contribution in [0.3, 0.4) is 0 Å². The maximum Gasteiger partial charge on any atom is 0.261 e. The molecule has 0 aliphatic carbocycles. The fraction of sp³-hybridized carbons (Fsp3) is 0.375. The van der Waals surface area contributed by atoms with Crippen molar-refractivity contribution in [1.29, 1.82) is 0 Å². The topological polar surface area (TPSA) is 58.6 Å². The van der Waals surface area contributed by atoms with Gasteiger partial charge in [0.2, 0.25) is 5.91 Å². The van der Waals surface area contributed by atoms with Crippen LogP contribution in [-0.2, 0) is 28.0 Å². The smallest absolute Gasteiger partial charge is 0.261 e. The van der Waals surface area contributed by atoms with Crippen LogP contribution in [0.4, 0.5) is 0 Å². The van der Waals surface area contributed by atoms with Gasteiger partial charge >= 0.3 is 0 Å². The van der Waals surface area contributed by atoms with Crippen LogP contribution in [0.2, 0.25) is 0 Å². The second-order valence-electron chi connectivity index (χ2n) is 11.6. The molecular weight excluding hydrogens is 540 g/mol. The van der Waals surface area contributed by atoms with E-state index in [9.17, 15) is 9.59 Å². The molecule has 3 rings (SSSR count). The van der Waals surface area contributed by atoms with Crippen molar-refractivity contribution in [1.82, 2.24) is 10.2 Å². The third-order valence-corrected chi connectivity index (χ3v) is 6.61. The molecule has 1 unspecified atom stereocenters. The Morgan fingerprint density at radius 2 is 1.45 bits per heavy atom. The monoisotopic (exact) mass is 578 g/mol. The lowest BCUT2D eigenvalue weighted by molar-refractivity contribution is -0.143. The van der Waals surface area contributed by atoms with E-state index in [0.29, 0.717) is 12.2 Å². The highest BCUT2D eigenvalue weighted by molar-refractivity contribution is 9.10. The number of benzene rings is 3. The molecule has 0 spiro atoms. The van der Waals surface area contributed by atoms with Gasteiger partial charge in [0.25, 0.3) is 5.91 Å². The first kappa shape index (κ1) is 29.4. The van der Waals surface area contributed by atoms with Crippen molar-refractivity contribution in [3.8, 4) is 5.75 Å². The summed E-state index contributed by atoms with van der Waals surface area (Å²) in [6.07, 6.45) is 0.392. The van der Waals surface area contributed by atoms with Gasteiger partial charge in [0.05, 0.1) is 0 Å². The lowest BCUT2D eigenvalue weighted by Gasteiger charge is -2.34. The molecule has 2 amide bonds. The van der Waals surface area contributed by atoms with Crippen LogP contribution in [0.5, 0.6) is 5.75 Å². The van der Waals surface area contributed by atoms with Crippen molar-refractivity contribution >= 4 is 27.7 Å². The molecule has 38 heavy (non-hydrogen) atoms. The second kappa shape index (κ2) is 12.6. The van der Waals surface area contributed by atoms with E-state index in [0.717, 1.165) is 21.2 Å². The number of carbonyl (C=O) groups excluding carboxylic acids is 2. The van der Waals surface area contributed by atoms with E-state index in [1.807, 2.05) is 99.6 Å². The van der Waals surface area contributed by atoms with Crippen LogP contribution in [0.15, 0.2) is 83.3 Å². The third-order valence-electron chi connectivity index (χ3n) is 6.08. The number of hydrogen-bond donors (Lipinski definition) is 1. The highest BCUT2D eigenvalue weighted by atomic mass is 79.9. The largest absolute Gasteiger partial charge is 0.483 e. The van der Waals surface area contributed by atoms with Crippen molar-refractivity contribution < 1.29 is 14.3 Å². The molecular formula is C32H39BrN2O3. The molecule has 0 aliphatic heterocycles. The Morgan fingerprint density at radius 3 is 2.05 bits per heavy atom. The SMILES string of the molecule is CC(C)(C)NC(=O)C(Cc1ccccc1)N(Cc1ccc(Br)cc1)C(=O)COc1ccccc1C(C)(C)C. The van der Waals surface area contributed by atoms with E-state index in [1.54, 1.807) is 4.90 Å². The Hall–Kier alpha value is -3.12. The Labute approximate surface area is 235 Å². The molecule has 0 heterocycles. The molecule has 3 aromatic rings. The number of nitrogens with zero attached hydrogens (tertiary/aromatic N) is 1. The minimum atomic E-state index is -0.714. The fourth-order valence-electron chi connectivity index (χ4n) is 4.23. The van der Waals surface area contributed by atoms with E-state index in [-0.39, 0.29) is 30.4 Å². The van der Waals surface area contributed by atoms with Gasteiger partial charge in [0.15, 0.2) is 6.61 Å². The summed E-state index contributed by atoms with van der Waals surface area (Å²) in [5.41, 5.74) is 2.35. The number of nitrogens with one attached hydrogen (secondary N) is 1. The summed E-state index contributed by atoms with van der Waals surface area (Å²) in [6, 6.07) is 24.7. The van der Waals surface area contributed by atoms with Crippen LogP contribution < -0.4 is 10.1 Å². The summed E-state index contributed by atoms with van der Waals surface area (Å²) in [5.74, 6) is 0.235. The predicted octanol–water partition coefficient (Wildman–Crippen LogP) is 6.68. The molecule has 1 N–H and O–H groups in total. The Balaban J connectivity index is 1.95. The molecule has 5 nitrogen and oxygen atoms in total. The summed E-state index contributed by atoms with van der Waals surface area (Å²) >= 11 is 3.48. The molecule has 0 saturated carbocycles. The van der Waals surface area contributed by atoms with Crippen molar-refractivity contribution in [2.45, 2.75) is 71.5 Å². The first-order valence-corrected chi connectivity index (χ1v) is 13.7. The first-order valence-electron chi connectivity index (χ1n) is 13.0. The molecule has 0 saturated heterocycles. The molecule has 0 bridgehead atoms. The summed E-state index contributed by atoms with van der Waals surface area (Å²) in [4.78, 5) is 29.2. The van der Waals surface area contributed by atoms with Crippen LogP contribution in [0.25, 0.3) is 0 Å². The maximum absolute atomic E-state index is 13.9. The van der Waals surface area contributed by atoms with Crippen LogP contribution in [0.1, 0.15) is 58.2 Å². The van der Waals surface area contributed by atoms with Gasteiger partial charge in [-0.1, -0.05) is 97.4 Å². The van der Waals surface area contributed by atoms with E-state index in [1.165, 1.54) is 0 Å². The zero-order valence-corrected chi connectivity index (χ0v) is 24.8. The maximum atomic E-state index is 13.9. The highest BCUT2D eigenvalue weighted by Crippen LogP contribution is 2.31. The Bertz CT molecular complexity index is 1210. The van der Waals surface area contributed by atoms with Gasteiger partial charge in [0, 0.05) is 23.0 Å². The van der Waals surface area contributed by atoms with Crippen LogP contribution in [-0.4, -0.2) is 34.9 Å². The molecule has 0 aromatic heterocycles. The van der Waals surface area contributed by atoms with Crippen molar-refractivity contribution in [2.24, 2.45) is 0 Å². The highest BCUT2D eigenvalue weighted by Gasteiger charge is 2.32. The summed E-state index contributed by atoms with van der Waals surface area (Å²) in [6.45, 7) is 12.3. The average molecular weight is 580 g/mol. The van der Waals surface area contributed by atoms with Crippen molar-refractivity contribution in [3.05, 3.63) is 100 Å². The summed E-state index contributed by atoms with van der Waals surface area (Å²) in [5, 5.41) is 3.09. The molecule has 3 aromatic carbocycles. The quantitative estimate of drug-likeness (QED) is 0.308. The van der Waals surface area contributed by atoms with E-state index in [4.69, 9.17) is 4.74 Å². The number of para-hydroxylation sites is 1. The average Bonchev–Trinajstić information content (AvgIpc) is 2.85. The zero-order chi connectivity index (χ0) is 27.9. The minimum absolute atomic E-state index is 0.140. The molecule has 1 atom stereocenters. The molecule has 0 radical (unpaired) electrons. The van der Waals surface area contributed by atoms with Gasteiger partial charge < -0.3 is 15.0 Å². The lowest BCUT2D eigenvalue weighted by Crippen LogP contribution is -2.55. The zero-order valence-electron chi connectivity index (χ0n) is 23.3. The van der Waals surface area contributed by atoms with Gasteiger partial charge in [-0.05, 0) is 61.1 Å². The lowest BCUT2D eigenvalue weighted by atomic mass is 9.86. The third kappa shape index (κ3) is 8.73. The van der Waals surface area contributed by atoms with E-state index in [2.05, 4.69) is 42.0 Å². The van der Waals surface area contributed by atoms with E-state index < -0.39 is 11.6 Å². The number of amides is 2. The van der Waals surface area contributed by atoms with Crippen molar-refractivity contribution in [3.63, 3.8) is 0 Å². The van der Waals surface area contributed by atoms with Gasteiger partial charge in [0.1, 0.15) is 11.8 Å². The predicted molar refractivity (Wildman–Crippen MR) is 157 cm³/mol. The number of carbonyl (C=O) groups is 2. The standard InChI is InChI=1S/C32H39BrN2O3/c1-31(2,3)26-14-10-11-15-28(26)38-22-29(36)35(21-24-16-18-25(33)19-17-24)27(30(37)34-32(4,5)6)20-23-12-8-7-9-13-23/h7-19,27H,20-22H2,1-6H3,(H,34,37). The second-order valence-corrected chi connectivity index (χ2v) is 12.5. The number of halogens is 1. The Kier molecular flexibility index (Phi) is 9.77. The van der Waals surface area contributed by atoms with Gasteiger partial charge in [-0.2, -0.15) is 0 Å². The van der Waals surface area contributed by atoms with E-state index >= 15 is 0 Å². The van der Waals surface area contributed by atoms with Gasteiger partial charge in [-0.25, -0.2) is 0 Å². The van der Waals surface area contributed by atoms with Gasteiger partial charge in [-0.15, -0.1) is 0 Å². The molecule has 0 aliphatic rings. The summed E-state index contributed by atoms with van der Waals surface area (Å²) < 4.78 is 7.07. The molecule has 202 valence electrons. The number of ether oxygens (including phenoxy) is 1. The molecule has 6 heteroatoms. The molecule has 0 fully saturated rings. The van der Waals surface area contributed by atoms with Crippen molar-refractivity contribution in [2.75, 3.05) is 6.61 Å². The Morgan fingerprint density at radius 1 is 0.842 bits per heavy atom. The normalized spacial score (nSPS) is 12.5. The summed E-state index contributed by atoms with van der Waals surface area (Å²) in [7, 11) is 0. The number of hydrogen-bond acceptors (Lipinski definition) is 3. The fourth-order valence-corrected chi connectivity index (χ4v) is 4.49.